The molecule has 20 heavy (non-hydrogen) atoms. The molecule has 0 spiro atoms. The third-order valence-electron chi connectivity index (χ3n) is 3.27. The normalized spacial score (nSPS) is 12.4. The first-order chi connectivity index (χ1) is 9.49. The Morgan fingerprint density at radius 2 is 2.05 bits per heavy atom. The topological polar surface area (TPSA) is 55.1 Å². The van der Waals surface area contributed by atoms with Crippen LogP contribution in [0.15, 0.2) is 35.7 Å². The summed E-state index contributed by atoms with van der Waals surface area (Å²) in [7, 11) is 0. The standard InChI is InChI=1S/C16H20N2OS/c1-10(2)16(15-5-4-8-20-15)18-12-6-7-14(17)13(9-12)11(3)19/h4-10,16,18H,17H2,1-3H3. The monoisotopic (exact) mass is 288 g/mol. The van der Waals surface area contributed by atoms with E-state index in [0.717, 1.165) is 5.69 Å². The maximum atomic E-state index is 11.6. The van der Waals surface area contributed by atoms with Gasteiger partial charge in [0.2, 0.25) is 0 Å². The number of thiophene rings is 1. The molecule has 1 heterocycles. The molecule has 0 saturated carbocycles. The van der Waals surface area contributed by atoms with Crippen molar-refractivity contribution in [2.24, 2.45) is 5.92 Å². The van der Waals surface area contributed by atoms with Crippen molar-refractivity contribution in [2.45, 2.75) is 26.8 Å². The van der Waals surface area contributed by atoms with Crippen molar-refractivity contribution in [1.82, 2.24) is 0 Å². The second-order valence-corrected chi connectivity index (χ2v) is 6.22. The fourth-order valence-electron chi connectivity index (χ4n) is 2.17. The third kappa shape index (κ3) is 3.20. The van der Waals surface area contributed by atoms with Crippen LogP contribution in [0.4, 0.5) is 11.4 Å². The highest BCUT2D eigenvalue weighted by molar-refractivity contribution is 7.10. The Morgan fingerprint density at radius 1 is 1.30 bits per heavy atom. The maximum Gasteiger partial charge on any atom is 0.161 e. The zero-order chi connectivity index (χ0) is 14.7. The number of nitrogens with two attached hydrogens (primary N) is 1. The van der Waals surface area contributed by atoms with E-state index in [2.05, 4.69) is 36.7 Å². The molecule has 1 aromatic carbocycles. The predicted octanol–water partition coefficient (Wildman–Crippen LogP) is 4.34. The SMILES string of the molecule is CC(=O)c1cc(NC(c2cccs2)C(C)C)ccc1N. The molecule has 0 aliphatic rings. The number of benzene rings is 1. The molecule has 2 rings (SSSR count). The lowest BCUT2D eigenvalue weighted by molar-refractivity contribution is 0.101. The van der Waals surface area contributed by atoms with Gasteiger partial charge in [-0.25, -0.2) is 0 Å². The van der Waals surface area contributed by atoms with Crippen LogP contribution in [-0.2, 0) is 0 Å². The molecule has 106 valence electrons. The molecule has 0 radical (unpaired) electrons. The largest absolute Gasteiger partial charge is 0.398 e. The number of carbonyl (C=O) groups excluding carboxylic acids is 1. The maximum absolute atomic E-state index is 11.6. The molecule has 0 bridgehead atoms. The zero-order valence-corrected chi connectivity index (χ0v) is 12.8. The van der Waals surface area contributed by atoms with Gasteiger partial charge in [-0.1, -0.05) is 19.9 Å². The molecule has 4 heteroatoms. The van der Waals surface area contributed by atoms with E-state index in [1.165, 1.54) is 11.8 Å². The number of ketones is 1. The van der Waals surface area contributed by atoms with Crippen molar-refractivity contribution in [2.75, 3.05) is 11.1 Å². The van der Waals surface area contributed by atoms with E-state index in [4.69, 9.17) is 5.73 Å². The van der Waals surface area contributed by atoms with Crippen LogP contribution in [-0.4, -0.2) is 5.78 Å². The van der Waals surface area contributed by atoms with E-state index in [-0.39, 0.29) is 11.8 Å². The lowest BCUT2D eigenvalue weighted by atomic mass is 10.0. The molecule has 0 fully saturated rings. The minimum absolute atomic E-state index is 0.0108. The molecule has 1 atom stereocenters. The quantitative estimate of drug-likeness (QED) is 0.635. The van der Waals surface area contributed by atoms with Gasteiger partial charge in [0.1, 0.15) is 0 Å². The van der Waals surface area contributed by atoms with Crippen LogP contribution in [0.2, 0.25) is 0 Å². The minimum atomic E-state index is -0.0108. The van der Waals surface area contributed by atoms with Gasteiger partial charge in [-0.3, -0.25) is 4.79 Å². The first-order valence-corrected chi connectivity index (χ1v) is 7.57. The second kappa shape index (κ2) is 6.09. The van der Waals surface area contributed by atoms with Crippen LogP contribution in [0.1, 0.15) is 42.0 Å². The summed E-state index contributed by atoms with van der Waals surface area (Å²) >= 11 is 1.74. The van der Waals surface area contributed by atoms with Crippen LogP contribution in [0.3, 0.4) is 0 Å². The number of carbonyl (C=O) groups is 1. The fraction of sp³-hybridized carbons (Fsp3) is 0.312. The van der Waals surface area contributed by atoms with Crippen LogP contribution >= 0.6 is 11.3 Å². The summed E-state index contributed by atoms with van der Waals surface area (Å²) in [5.41, 5.74) is 7.86. The first-order valence-electron chi connectivity index (χ1n) is 6.69. The zero-order valence-electron chi connectivity index (χ0n) is 12.0. The number of rotatable bonds is 5. The molecular weight excluding hydrogens is 268 g/mol. The Hall–Kier alpha value is -1.81. The fourth-order valence-corrected chi connectivity index (χ4v) is 3.11. The number of nitrogen functional groups attached to an aromatic ring is 1. The average molecular weight is 288 g/mol. The molecule has 0 saturated heterocycles. The summed E-state index contributed by atoms with van der Waals surface area (Å²) < 4.78 is 0. The summed E-state index contributed by atoms with van der Waals surface area (Å²) in [5.74, 6) is 0.440. The molecule has 3 N–H and O–H groups in total. The van der Waals surface area contributed by atoms with E-state index >= 15 is 0 Å². The Kier molecular flexibility index (Phi) is 4.45. The van der Waals surface area contributed by atoms with Crippen LogP contribution in [0, 0.1) is 5.92 Å². The Morgan fingerprint density at radius 3 is 2.60 bits per heavy atom. The Bertz CT molecular complexity index is 591. The third-order valence-corrected chi connectivity index (χ3v) is 4.23. The van der Waals surface area contributed by atoms with E-state index in [9.17, 15) is 4.79 Å². The Labute approximate surface area is 123 Å². The molecule has 2 aromatic rings. The van der Waals surface area contributed by atoms with Crippen molar-refractivity contribution in [3.8, 4) is 0 Å². The average Bonchev–Trinajstić information content (AvgIpc) is 2.90. The minimum Gasteiger partial charge on any atom is -0.398 e. The Balaban J connectivity index is 2.28. The van der Waals surface area contributed by atoms with Crippen LogP contribution in [0.5, 0.6) is 0 Å². The highest BCUT2D eigenvalue weighted by Crippen LogP contribution is 2.30. The lowest BCUT2D eigenvalue weighted by Crippen LogP contribution is -2.16. The van der Waals surface area contributed by atoms with Gasteiger partial charge < -0.3 is 11.1 Å². The van der Waals surface area contributed by atoms with Gasteiger partial charge >= 0.3 is 0 Å². The van der Waals surface area contributed by atoms with Gasteiger partial charge in [0.25, 0.3) is 0 Å². The van der Waals surface area contributed by atoms with Gasteiger partial charge in [-0.2, -0.15) is 0 Å². The van der Waals surface area contributed by atoms with E-state index in [0.29, 0.717) is 17.2 Å². The van der Waals surface area contributed by atoms with Crippen LogP contribution in [0.25, 0.3) is 0 Å². The van der Waals surface area contributed by atoms with Crippen molar-refractivity contribution in [3.05, 3.63) is 46.2 Å². The van der Waals surface area contributed by atoms with Crippen molar-refractivity contribution < 1.29 is 4.79 Å². The molecule has 0 aliphatic heterocycles. The van der Waals surface area contributed by atoms with Crippen molar-refractivity contribution in [3.63, 3.8) is 0 Å². The molecular formula is C16H20N2OS. The summed E-state index contributed by atoms with van der Waals surface area (Å²) in [5, 5.41) is 5.59. The molecule has 0 aliphatic carbocycles. The van der Waals surface area contributed by atoms with Crippen molar-refractivity contribution in [1.29, 1.82) is 0 Å². The predicted molar refractivity (Wildman–Crippen MR) is 86.4 cm³/mol. The van der Waals surface area contributed by atoms with E-state index < -0.39 is 0 Å². The summed E-state index contributed by atoms with van der Waals surface area (Å²) in [6.07, 6.45) is 0. The summed E-state index contributed by atoms with van der Waals surface area (Å²) in [4.78, 5) is 12.9. The number of nitrogens with one attached hydrogen (secondary N) is 1. The van der Waals surface area contributed by atoms with E-state index in [1.54, 1.807) is 17.4 Å². The molecule has 3 nitrogen and oxygen atoms in total. The van der Waals surface area contributed by atoms with Crippen molar-refractivity contribution >= 4 is 28.5 Å². The molecule has 1 unspecified atom stereocenters. The van der Waals surface area contributed by atoms with E-state index in [1.807, 2.05) is 12.1 Å². The van der Waals surface area contributed by atoms with Gasteiger partial charge in [0.15, 0.2) is 5.78 Å². The number of anilines is 2. The van der Waals surface area contributed by atoms with Gasteiger partial charge in [0.05, 0.1) is 6.04 Å². The summed E-state index contributed by atoms with van der Waals surface area (Å²) in [6.45, 7) is 5.90. The molecule has 1 aromatic heterocycles. The number of hydrogen-bond acceptors (Lipinski definition) is 4. The summed E-state index contributed by atoms with van der Waals surface area (Å²) in [6, 6.07) is 9.96. The second-order valence-electron chi connectivity index (χ2n) is 5.24. The molecule has 0 amide bonds. The van der Waals surface area contributed by atoms with Gasteiger partial charge in [-0.05, 0) is 42.5 Å². The lowest BCUT2D eigenvalue weighted by Gasteiger charge is -2.23. The van der Waals surface area contributed by atoms with Gasteiger partial charge in [0, 0.05) is 21.8 Å². The first kappa shape index (κ1) is 14.6. The smallest absolute Gasteiger partial charge is 0.161 e. The number of Topliss-reactive ketones (excluding diaryl/α,β-unsaturated/α-hetero) is 1. The van der Waals surface area contributed by atoms with Gasteiger partial charge in [-0.15, -0.1) is 11.3 Å². The highest BCUT2D eigenvalue weighted by atomic mass is 32.1. The number of hydrogen-bond donors (Lipinski definition) is 2. The highest BCUT2D eigenvalue weighted by Gasteiger charge is 2.17. The van der Waals surface area contributed by atoms with Crippen LogP contribution < -0.4 is 11.1 Å².